The number of nitrogens with zero attached hydrogens (tertiary/aromatic N) is 1. The highest BCUT2D eigenvalue weighted by molar-refractivity contribution is 5.91. The molecule has 0 bridgehead atoms. The molecule has 0 unspecified atom stereocenters. The molecule has 1 heterocycles. The van der Waals surface area contributed by atoms with E-state index in [9.17, 15) is 4.79 Å². The van der Waals surface area contributed by atoms with E-state index < -0.39 is 5.97 Å². The van der Waals surface area contributed by atoms with Gasteiger partial charge in [-0.1, -0.05) is 12.1 Å². The number of nitrogen functional groups attached to an aromatic ring is 1. The summed E-state index contributed by atoms with van der Waals surface area (Å²) >= 11 is 0. The number of benzene rings is 1. The second-order valence-corrected chi connectivity index (χ2v) is 4.07. The molecular weight excluding hydrogens is 260 g/mol. The van der Waals surface area contributed by atoms with E-state index in [0.717, 1.165) is 5.56 Å². The number of carboxylic acids is 1. The van der Waals surface area contributed by atoms with Gasteiger partial charge in [0, 0.05) is 0 Å². The molecule has 3 N–H and O–H groups in total. The number of aromatic nitrogens is 1. The molecule has 0 radical (unpaired) electrons. The minimum Gasteiger partial charge on any atom is -0.497 e. The fourth-order valence-electron chi connectivity index (χ4n) is 1.65. The Hall–Kier alpha value is -2.76. The van der Waals surface area contributed by atoms with Gasteiger partial charge in [0.05, 0.1) is 19.0 Å². The van der Waals surface area contributed by atoms with Crippen LogP contribution in [0.5, 0.6) is 11.6 Å². The second kappa shape index (κ2) is 5.92. The Bertz CT molecular complexity index is 628. The Balaban J connectivity index is 2.16. The van der Waals surface area contributed by atoms with E-state index in [0.29, 0.717) is 5.75 Å². The minimum atomic E-state index is -1.13. The van der Waals surface area contributed by atoms with Crippen LogP contribution >= 0.6 is 0 Å². The summed E-state index contributed by atoms with van der Waals surface area (Å²) in [5, 5.41) is 9.07. The van der Waals surface area contributed by atoms with Crippen LogP contribution in [-0.4, -0.2) is 23.2 Å². The summed E-state index contributed by atoms with van der Waals surface area (Å²) in [6.07, 6.45) is 1.35. The average molecular weight is 274 g/mol. The standard InChI is InChI=1S/C14H14N2O4/c1-19-11-4-2-3-9(5-11)8-20-13-12(14(17)18)6-10(15)7-16-13/h2-7H,8,15H2,1H3,(H,17,18). The Morgan fingerprint density at radius 1 is 1.40 bits per heavy atom. The van der Waals surface area contributed by atoms with E-state index in [2.05, 4.69) is 4.98 Å². The first-order valence-electron chi connectivity index (χ1n) is 5.84. The number of anilines is 1. The van der Waals surface area contributed by atoms with Crippen LogP contribution in [0.15, 0.2) is 36.5 Å². The van der Waals surface area contributed by atoms with Gasteiger partial charge in [0.1, 0.15) is 17.9 Å². The quantitative estimate of drug-likeness (QED) is 0.865. The molecule has 0 saturated heterocycles. The molecule has 2 rings (SSSR count). The van der Waals surface area contributed by atoms with Gasteiger partial charge in [0.15, 0.2) is 0 Å². The van der Waals surface area contributed by atoms with Crippen molar-refractivity contribution >= 4 is 11.7 Å². The van der Waals surface area contributed by atoms with Crippen LogP contribution in [-0.2, 0) is 6.61 Å². The molecule has 0 aliphatic rings. The summed E-state index contributed by atoms with van der Waals surface area (Å²) in [7, 11) is 1.57. The maximum atomic E-state index is 11.1. The SMILES string of the molecule is COc1cccc(COc2ncc(N)cc2C(=O)O)c1. The van der Waals surface area contributed by atoms with Crippen molar-refractivity contribution in [3.05, 3.63) is 47.7 Å². The van der Waals surface area contributed by atoms with Gasteiger partial charge in [-0.2, -0.15) is 0 Å². The van der Waals surface area contributed by atoms with Crippen LogP contribution < -0.4 is 15.2 Å². The zero-order valence-corrected chi connectivity index (χ0v) is 10.9. The van der Waals surface area contributed by atoms with Gasteiger partial charge in [-0.3, -0.25) is 0 Å². The molecule has 0 amide bonds. The predicted molar refractivity (Wildman–Crippen MR) is 72.9 cm³/mol. The summed E-state index contributed by atoms with van der Waals surface area (Å²) in [5.74, 6) is -0.394. The number of carboxylic acid groups (broad SMARTS) is 1. The maximum absolute atomic E-state index is 11.1. The number of hydrogen-bond donors (Lipinski definition) is 2. The van der Waals surface area contributed by atoms with Gasteiger partial charge >= 0.3 is 5.97 Å². The molecule has 1 aromatic carbocycles. The zero-order chi connectivity index (χ0) is 14.5. The Morgan fingerprint density at radius 2 is 2.20 bits per heavy atom. The molecular formula is C14H14N2O4. The molecule has 0 spiro atoms. The van der Waals surface area contributed by atoms with Crippen LogP contribution in [0.3, 0.4) is 0 Å². The Kier molecular flexibility index (Phi) is 4.05. The highest BCUT2D eigenvalue weighted by Crippen LogP contribution is 2.20. The van der Waals surface area contributed by atoms with Crippen molar-refractivity contribution in [3.8, 4) is 11.6 Å². The zero-order valence-electron chi connectivity index (χ0n) is 10.9. The van der Waals surface area contributed by atoms with E-state index >= 15 is 0 Å². The third-order valence-electron chi connectivity index (χ3n) is 2.61. The highest BCUT2D eigenvalue weighted by atomic mass is 16.5. The summed E-state index contributed by atoms with van der Waals surface area (Å²) in [6.45, 7) is 0.189. The van der Waals surface area contributed by atoms with Crippen molar-refractivity contribution in [3.63, 3.8) is 0 Å². The number of carbonyl (C=O) groups is 1. The number of pyridine rings is 1. The fraction of sp³-hybridized carbons (Fsp3) is 0.143. The molecule has 104 valence electrons. The van der Waals surface area contributed by atoms with Crippen molar-refractivity contribution in [1.29, 1.82) is 0 Å². The lowest BCUT2D eigenvalue weighted by Crippen LogP contribution is -2.06. The lowest BCUT2D eigenvalue weighted by molar-refractivity contribution is 0.0690. The number of hydrogen-bond acceptors (Lipinski definition) is 5. The number of rotatable bonds is 5. The predicted octanol–water partition coefficient (Wildman–Crippen LogP) is 1.95. The van der Waals surface area contributed by atoms with Gasteiger partial charge < -0.3 is 20.3 Å². The minimum absolute atomic E-state index is 0.0366. The van der Waals surface area contributed by atoms with E-state index in [4.69, 9.17) is 20.3 Å². The maximum Gasteiger partial charge on any atom is 0.341 e. The average Bonchev–Trinajstić information content (AvgIpc) is 2.46. The summed E-state index contributed by atoms with van der Waals surface area (Å²) in [6, 6.07) is 8.61. The largest absolute Gasteiger partial charge is 0.497 e. The van der Waals surface area contributed by atoms with Crippen LogP contribution in [0.1, 0.15) is 15.9 Å². The van der Waals surface area contributed by atoms with Gasteiger partial charge in [-0.25, -0.2) is 9.78 Å². The summed E-state index contributed by atoms with van der Waals surface area (Å²) in [5.41, 5.74) is 6.57. The topological polar surface area (TPSA) is 94.7 Å². The number of aromatic carboxylic acids is 1. The third-order valence-corrected chi connectivity index (χ3v) is 2.61. The molecule has 0 aliphatic carbocycles. The molecule has 1 aromatic heterocycles. The fourth-order valence-corrected chi connectivity index (χ4v) is 1.65. The first-order chi connectivity index (χ1) is 9.60. The van der Waals surface area contributed by atoms with E-state index in [-0.39, 0.29) is 23.7 Å². The Morgan fingerprint density at radius 3 is 2.90 bits per heavy atom. The lowest BCUT2D eigenvalue weighted by Gasteiger charge is -2.09. The molecule has 6 heteroatoms. The molecule has 0 saturated carbocycles. The van der Waals surface area contributed by atoms with Crippen molar-refractivity contribution in [2.45, 2.75) is 6.61 Å². The smallest absolute Gasteiger partial charge is 0.341 e. The number of nitrogens with two attached hydrogens (primary N) is 1. The number of ether oxygens (including phenoxy) is 2. The van der Waals surface area contributed by atoms with E-state index in [1.807, 2.05) is 18.2 Å². The molecule has 20 heavy (non-hydrogen) atoms. The molecule has 2 aromatic rings. The van der Waals surface area contributed by atoms with Crippen molar-refractivity contribution in [2.75, 3.05) is 12.8 Å². The van der Waals surface area contributed by atoms with E-state index in [1.165, 1.54) is 12.3 Å². The van der Waals surface area contributed by atoms with Gasteiger partial charge in [-0.05, 0) is 23.8 Å². The Labute approximate surface area is 115 Å². The van der Waals surface area contributed by atoms with Crippen LogP contribution in [0.25, 0.3) is 0 Å². The molecule has 0 atom stereocenters. The summed E-state index contributed by atoms with van der Waals surface area (Å²) < 4.78 is 10.5. The van der Waals surface area contributed by atoms with Crippen LogP contribution in [0.4, 0.5) is 5.69 Å². The second-order valence-electron chi connectivity index (χ2n) is 4.07. The van der Waals surface area contributed by atoms with Crippen molar-refractivity contribution in [2.24, 2.45) is 0 Å². The first-order valence-corrected chi connectivity index (χ1v) is 5.84. The normalized spacial score (nSPS) is 10.1. The molecule has 0 aliphatic heterocycles. The summed E-state index contributed by atoms with van der Waals surface area (Å²) in [4.78, 5) is 15.0. The van der Waals surface area contributed by atoms with Crippen LogP contribution in [0.2, 0.25) is 0 Å². The monoisotopic (exact) mass is 274 g/mol. The van der Waals surface area contributed by atoms with Crippen molar-refractivity contribution < 1.29 is 19.4 Å². The third kappa shape index (κ3) is 3.17. The highest BCUT2D eigenvalue weighted by Gasteiger charge is 2.13. The van der Waals surface area contributed by atoms with Crippen LogP contribution in [0, 0.1) is 0 Å². The lowest BCUT2D eigenvalue weighted by atomic mass is 10.2. The van der Waals surface area contributed by atoms with Gasteiger partial charge in [-0.15, -0.1) is 0 Å². The molecule has 6 nitrogen and oxygen atoms in total. The first kappa shape index (κ1) is 13.7. The van der Waals surface area contributed by atoms with Crippen molar-refractivity contribution in [1.82, 2.24) is 4.98 Å². The molecule has 0 fully saturated rings. The van der Waals surface area contributed by atoms with E-state index in [1.54, 1.807) is 13.2 Å². The number of methoxy groups -OCH3 is 1. The van der Waals surface area contributed by atoms with Gasteiger partial charge in [0.25, 0.3) is 0 Å². The van der Waals surface area contributed by atoms with Gasteiger partial charge in [0.2, 0.25) is 5.88 Å².